The third-order valence-corrected chi connectivity index (χ3v) is 3.15. The van der Waals surface area contributed by atoms with Gasteiger partial charge in [-0.05, 0) is 24.6 Å². The summed E-state index contributed by atoms with van der Waals surface area (Å²) in [6.45, 7) is 0.933. The average Bonchev–Trinajstić information content (AvgIpc) is 2.52. The molecule has 1 aromatic heterocycles. The number of aliphatic hydroxyl groups excluding tert-OH is 1. The van der Waals surface area contributed by atoms with Crippen molar-refractivity contribution in [1.29, 1.82) is 0 Å². The molecule has 128 valence electrons. The zero-order chi connectivity index (χ0) is 17.7. The minimum atomic E-state index is -4.59. The summed E-state index contributed by atoms with van der Waals surface area (Å²) in [6, 6.07) is 4.18. The molecule has 6 nitrogen and oxygen atoms in total. The van der Waals surface area contributed by atoms with Gasteiger partial charge in [0.1, 0.15) is 11.6 Å². The average molecular weight is 340 g/mol. The highest BCUT2D eigenvalue weighted by atomic mass is 19.4. The predicted molar refractivity (Wildman–Crippen MR) is 80.2 cm³/mol. The number of benzene rings is 1. The Hall–Kier alpha value is -2.68. The lowest BCUT2D eigenvalue weighted by Gasteiger charge is -2.21. The van der Waals surface area contributed by atoms with E-state index in [9.17, 15) is 23.1 Å². The van der Waals surface area contributed by atoms with Gasteiger partial charge in [-0.15, -0.1) is 0 Å². The Kier molecular flexibility index (Phi) is 5.35. The number of hydrogen-bond acceptors (Lipinski definition) is 4. The Labute approximate surface area is 135 Å². The third-order valence-electron chi connectivity index (χ3n) is 3.15. The molecule has 0 bridgehead atoms. The highest BCUT2D eigenvalue weighted by molar-refractivity contribution is 5.88. The molecule has 1 heterocycles. The second-order valence-corrected chi connectivity index (χ2v) is 4.91. The number of carbonyl (C=O) groups is 1. The molecule has 0 saturated carbocycles. The van der Waals surface area contributed by atoms with Crippen LogP contribution in [-0.4, -0.2) is 27.7 Å². The lowest BCUT2D eigenvalue weighted by atomic mass is 10.0. The Bertz CT molecular complexity index is 722. The number of aliphatic hydroxyl groups is 1. The van der Waals surface area contributed by atoms with Gasteiger partial charge >= 0.3 is 12.2 Å². The Morgan fingerprint density at radius 2 is 2.00 bits per heavy atom. The first kappa shape index (κ1) is 17.7. The minimum Gasteiger partial charge on any atom is -0.394 e. The number of aryl methyl sites for hydroxylation is 1. The summed E-state index contributed by atoms with van der Waals surface area (Å²) in [4.78, 5) is 19.8. The number of hydrogen-bond donors (Lipinski definition) is 3. The highest BCUT2D eigenvalue weighted by Gasteiger charge is 2.35. The van der Waals surface area contributed by atoms with E-state index in [1.165, 1.54) is 30.5 Å². The number of alkyl halides is 3. The van der Waals surface area contributed by atoms with Crippen LogP contribution in [-0.2, 0) is 6.18 Å². The number of nitrogens with one attached hydrogen (secondary N) is 2. The number of halogens is 3. The van der Waals surface area contributed by atoms with Gasteiger partial charge < -0.3 is 10.4 Å². The van der Waals surface area contributed by atoms with Gasteiger partial charge in [-0.3, -0.25) is 5.32 Å². The number of nitrogens with zero attached hydrogens (tertiary/aromatic N) is 2. The lowest BCUT2D eigenvalue weighted by molar-refractivity contribution is -0.138. The summed E-state index contributed by atoms with van der Waals surface area (Å²) in [5, 5.41) is 14.1. The highest BCUT2D eigenvalue weighted by Crippen LogP contribution is 2.34. The van der Waals surface area contributed by atoms with E-state index in [0.29, 0.717) is 5.82 Å². The molecule has 1 atom stereocenters. The fourth-order valence-electron chi connectivity index (χ4n) is 2.12. The predicted octanol–water partition coefficient (Wildman–Crippen LogP) is 2.66. The Morgan fingerprint density at radius 3 is 2.62 bits per heavy atom. The molecule has 2 amide bonds. The molecule has 0 saturated heterocycles. The van der Waals surface area contributed by atoms with E-state index < -0.39 is 30.4 Å². The van der Waals surface area contributed by atoms with Crippen LogP contribution in [0, 0.1) is 6.92 Å². The van der Waals surface area contributed by atoms with Crippen molar-refractivity contribution in [2.75, 3.05) is 11.9 Å². The fraction of sp³-hybridized carbons (Fsp3) is 0.267. The van der Waals surface area contributed by atoms with E-state index in [2.05, 4.69) is 20.6 Å². The zero-order valence-electron chi connectivity index (χ0n) is 12.6. The van der Waals surface area contributed by atoms with Gasteiger partial charge in [0, 0.05) is 6.20 Å². The first-order valence-electron chi connectivity index (χ1n) is 6.95. The van der Waals surface area contributed by atoms with Crippen molar-refractivity contribution in [2.45, 2.75) is 19.1 Å². The second kappa shape index (κ2) is 7.26. The van der Waals surface area contributed by atoms with E-state index in [0.717, 1.165) is 6.07 Å². The standard InChI is InChI=1S/C15H15F3N4O2/c1-9-19-7-6-13(20-9)22-14(24)21-12(8-23)10-4-2-3-5-11(10)15(16,17)18/h2-7,12,23H,8H2,1H3,(H2,19,20,21,22,24). The third kappa shape index (κ3) is 4.42. The summed E-state index contributed by atoms with van der Waals surface area (Å²) in [7, 11) is 0. The fourth-order valence-corrected chi connectivity index (χ4v) is 2.12. The molecule has 0 aliphatic rings. The van der Waals surface area contributed by atoms with Crippen LogP contribution in [0.3, 0.4) is 0 Å². The van der Waals surface area contributed by atoms with Gasteiger partial charge in [0.25, 0.3) is 0 Å². The van der Waals surface area contributed by atoms with Crippen LogP contribution in [0.25, 0.3) is 0 Å². The maximum absolute atomic E-state index is 13.0. The molecule has 0 aliphatic carbocycles. The molecule has 2 rings (SSSR count). The van der Waals surface area contributed by atoms with Crippen molar-refractivity contribution < 1.29 is 23.1 Å². The molecular formula is C15H15F3N4O2. The van der Waals surface area contributed by atoms with Gasteiger partial charge in [-0.2, -0.15) is 13.2 Å². The van der Waals surface area contributed by atoms with Crippen molar-refractivity contribution in [2.24, 2.45) is 0 Å². The van der Waals surface area contributed by atoms with Gasteiger partial charge in [-0.1, -0.05) is 18.2 Å². The Balaban J connectivity index is 2.17. The van der Waals surface area contributed by atoms with Crippen molar-refractivity contribution in [3.05, 3.63) is 53.5 Å². The summed E-state index contributed by atoms with van der Waals surface area (Å²) in [5.74, 6) is 0.620. The summed E-state index contributed by atoms with van der Waals surface area (Å²) >= 11 is 0. The quantitative estimate of drug-likeness (QED) is 0.798. The maximum atomic E-state index is 13.0. The number of carbonyl (C=O) groups excluding carboxylic acids is 1. The van der Waals surface area contributed by atoms with E-state index in [4.69, 9.17) is 0 Å². The number of rotatable bonds is 4. The van der Waals surface area contributed by atoms with Crippen LogP contribution in [0.4, 0.5) is 23.8 Å². The first-order chi connectivity index (χ1) is 11.3. The summed E-state index contributed by atoms with van der Waals surface area (Å²) in [5.41, 5.74) is -1.14. The van der Waals surface area contributed by atoms with Crippen LogP contribution < -0.4 is 10.6 Å². The number of anilines is 1. The normalized spacial score (nSPS) is 12.5. The minimum absolute atomic E-state index is 0.195. The SMILES string of the molecule is Cc1nccc(NC(=O)NC(CO)c2ccccc2C(F)(F)F)n1. The van der Waals surface area contributed by atoms with Crippen LogP contribution in [0.15, 0.2) is 36.5 Å². The molecule has 9 heteroatoms. The van der Waals surface area contributed by atoms with Crippen molar-refractivity contribution in [3.8, 4) is 0 Å². The molecule has 0 aliphatic heterocycles. The molecule has 2 aromatic rings. The number of urea groups is 1. The first-order valence-corrected chi connectivity index (χ1v) is 6.95. The van der Waals surface area contributed by atoms with E-state index >= 15 is 0 Å². The van der Waals surface area contributed by atoms with Crippen LogP contribution in [0.5, 0.6) is 0 Å². The van der Waals surface area contributed by atoms with Crippen LogP contribution >= 0.6 is 0 Å². The van der Waals surface area contributed by atoms with Gasteiger partial charge in [0.2, 0.25) is 0 Å². The monoisotopic (exact) mass is 340 g/mol. The molecule has 0 radical (unpaired) electrons. The van der Waals surface area contributed by atoms with Crippen LogP contribution in [0.2, 0.25) is 0 Å². The smallest absolute Gasteiger partial charge is 0.394 e. The molecule has 0 spiro atoms. The lowest BCUT2D eigenvalue weighted by Crippen LogP contribution is -2.35. The van der Waals surface area contributed by atoms with E-state index in [-0.39, 0.29) is 11.4 Å². The second-order valence-electron chi connectivity index (χ2n) is 4.91. The van der Waals surface area contributed by atoms with Gasteiger partial charge in [0.15, 0.2) is 0 Å². The number of amides is 2. The summed E-state index contributed by atoms with van der Waals surface area (Å²) in [6.07, 6.45) is -3.16. The van der Waals surface area contributed by atoms with Gasteiger partial charge in [-0.25, -0.2) is 14.8 Å². The molecule has 0 fully saturated rings. The van der Waals surface area contributed by atoms with Crippen molar-refractivity contribution >= 4 is 11.8 Å². The zero-order valence-corrected chi connectivity index (χ0v) is 12.6. The van der Waals surface area contributed by atoms with Crippen molar-refractivity contribution in [3.63, 3.8) is 0 Å². The van der Waals surface area contributed by atoms with Gasteiger partial charge in [0.05, 0.1) is 18.2 Å². The maximum Gasteiger partial charge on any atom is 0.416 e. The van der Waals surface area contributed by atoms with E-state index in [1.807, 2.05) is 0 Å². The largest absolute Gasteiger partial charge is 0.416 e. The number of aromatic nitrogens is 2. The topological polar surface area (TPSA) is 87.1 Å². The molecule has 1 aromatic carbocycles. The summed E-state index contributed by atoms with van der Waals surface area (Å²) < 4.78 is 39.1. The molecule has 1 unspecified atom stereocenters. The Morgan fingerprint density at radius 1 is 1.29 bits per heavy atom. The molecule has 24 heavy (non-hydrogen) atoms. The van der Waals surface area contributed by atoms with E-state index in [1.54, 1.807) is 6.92 Å². The molecule has 3 N–H and O–H groups in total. The molecular weight excluding hydrogens is 325 g/mol. The van der Waals surface area contributed by atoms with Crippen molar-refractivity contribution in [1.82, 2.24) is 15.3 Å². The van der Waals surface area contributed by atoms with Crippen LogP contribution in [0.1, 0.15) is 23.0 Å².